The van der Waals surface area contributed by atoms with E-state index in [1.54, 1.807) is 4.90 Å². The summed E-state index contributed by atoms with van der Waals surface area (Å²) < 4.78 is 0. The molecule has 1 aromatic rings. The molecule has 0 aliphatic carbocycles. The molecule has 130 valence electrons. The maximum atomic E-state index is 12.7. The fourth-order valence-corrected chi connectivity index (χ4v) is 3.58. The van der Waals surface area contributed by atoms with Gasteiger partial charge in [-0.3, -0.25) is 9.59 Å². The number of benzene rings is 1. The van der Waals surface area contributed by atoms with Crippen molar-refractivity contribution in [2.45, 2.75) is 26.7 Å². The highest BCUT2D eigenvalue weighted by molar-refractivity contribution is 6.00. The zero-order valence-corrected chi connectivity index (χ0v) is 14.7. The van der Waals surface area contributed by atoms with E-state index in [1.807, 2.05) is 17.0 Å². The van der Waals surface area contributed by atoms with Crippen LogP contribution in [0, 0.1) is 5.92 Å². The van der Waals surface area contributed by atoms with Gasteiger partial charge >= 0.3 is 0 Å². The maximum absolute atomic E-state index is 12.7. The lowest BCUT2D eigenvalue weighted by Crippen LogP contribution is -2.50. The van der Waals surface area contributed by atoms with E-state index in [0.717, 1.165) is 44.8 Å². The summed E-state index contributed by atoms with van der Waals surface area (Å²) in [5.41, 5.74) is 2.16. The van der Waals surface area contributed by atoms with Crippen LogP contribution in [-0.4, -0.2) is 60.9 Å². The van der Waals surface area contributed by atoms with Gasteiger partial charge in [-0.15, -0.1) is 0 Å². The van der Waals surface area contributed by atoms with E-state index < -0.39 is 0 Å². The summed E-state index contributed by atoms with van der Waals surface area (Å²) >= 11 is 0. The molecule has 0 bridgehead atoms. The third-order valence-corrected chi connectivity index (χ3v) is 5.26. The van der Waals surface area contributed by atoms with Crippen molar-refractivity contribution >= 4 is 17.5 Å². The molecule has 2 fully saturated rings. The molecule has 1 atom stereocenters. The molecular weight excluding hydrogens is 302 g/mol. The van der Waals surface area contributed by atoms with Crippen LogP contribution in [0.3, 0.4) is 0 Å². The third-order valence-electron chi connectivity index (χ3n) is 5.26. The van der Waals surface area contributed by atoms with Crippen molar-refractivity contribution in [1.82, 2.24) is 9.80 Å². The lowest BCUT2D eigenvalue weighted by atomic mass is 10.1. The predicted octanol–water partition coefficient (Wildman–Crippen LogP) is 1.77. The quantitative estimate of drug-likeness (QED) is 0.845. The predicted molar refractivity (Wildman–Crippen MR) is 95.0 cm³/mol. The van der Waals surface area contributed by atoms with Gasteiger partial charge in [-0.2, -0.15) is 0 Å². The molecule has 0 radical (unpaired) electrons. The monoisotopic (exact) mass is 329 g/mol. The molecule has 0 spiro atoms. The summed E-state index contributed by atoms with van der Waals surface area (Å²) in [5.74, 6) is 0.00750. The molecule has 24 heavy (non-hydrogen) atoms. The first-order valence-electron chi connectivity index (χ1n) is 9.02. The van der Waals surface area contributed by atoms with E-state index >= 15 is 0 Å². The van der Waals surface area contributed by atoms with E-state index in [1.165, 1.54) is 5.56 Å². The fourth-order valence-electron chi connectivity index (χ4n) is 3.58. The minimum absolute atomic E-state index is 0.0600. The van der Waals surface area contributed by atoms with E-state index in [2.05, 4.69) is 30.9 Å². The van der Waals surface area contributed by atoms with E-state index in [9.17, 15) is 9.59 Å². The first-order valence-corrected chi connectivity index (χ1v) is 9.02. The Bertz CT molecular complexity index is 591. The third kappa shape index (κ3) is 3.46. The van der Waals surface area contributed by atoms with Crippen LogP contribution in [0.5, 0.6) is 0 Å². The van der Waals surface area contributed by atoms with Crippen LogP contribution in [0.15, 0.2) is 24.3 Å². The van der Waals surface area contributed by atoms with Crippen LogP contribution < -0.4 is 4.90 Å². The van der Waals surface area contributed by atoms with Gasteiger partial charge in [-0.05, 0) is 30.7 Å². The summed E-state index contributed by atoms with van der Waals surface area (Å²) in [7, 11) is 0. The van der Waals surface area contributed by atoms with Crippen molar-refractivity contribution in [1.29, 1.82) is 0 Å². The molecule has 2 saturated heterocycles. The minimum atomic E-state index is -0.198. The Morgan fingerprint density at radius 1 is 1.08 bits per heavy atom. The van der Waals surface area contributed by atoms with Crippen LogP contribution in [0.1, 0.15) is 25.8 Å². The molecule has 5 nitrogen and oxygen atoms in total. The Morgan fingerprint density at radius 2 is 1.75 bits per heavy atom. The number of piperazine rings is 1. The number of carbonyl (C=O) groups excluding carboxylic acids is 2. The van der Waals surface area contributed by atoms with E-state index in [-0.39, 0.29) is 17.7 Å². The van der Waals surface area contributed by atoms with Gasteiger partial charge in [0.1, 0.15) is 0 Å². The average molecular weight is 329 g/mol. The average Bonchev–Trinajstić information content (AvgIpc) is 3.03. The van der Waals surface area contributed by atoms with Gasteiger partial charge in [0, 0.05) is 44.8 Å². The summed E-state index contributed by atoms with van der Waals surface area (Å²) in [4.78, 5) is 31.2. The molecule has 2 amide bonds. The maximum Gasteiger partial charge on any atom is 0.228 e. The first-order chi connectivity index (χ1) is 11.6. The number of hydrogen-bond donors (Lipinski definition) is 0. The van der Waals surface area contributed by atoms with Crippen LogP contribution >= 0.6 is 0 Å². The SMILES string of the molecule is CCc1ccc(N2C[C@H](C(=O)N3CCN(CC)CC3)CC2=O)cc1. The van der Waals surface area contributed by atoms with Crippen LogP contribution in [0.25, 0.3) is 0 Å². The number of aryl methyl sites for hydroxylation is 1. The van der Waals surface area contributed by atoms with Crippen LogP contribution in [-0.2, 0) is 16.0 Å². The molecule has 2 aliphatic heterocycles. The Hall–Kier alpha value is -1.88. The molecule has 0 N–H and O–H groups in total. The van der Waals surface area contributed by atoms with Crippen molar-refractivity contribution in [2.24, 2.45) is 5.92 Å². The topological polar surface area (TPSA) is 43.9 Å². The summed E-state index contributed by atoms with van der Waals surface area (Å²) in [5, 5.41) is 0. The number of rotatable bonds is 4. The van der Waals surface area contributed by atoms with Gasteiger partial charge in [-0.1, -0.05) is 26.0 Å². The molecular formula is C19H27N3O2. The second-order valence-corrected chi connectivity index (χ2v) is 6.68. The van der Waals surface area contributed by atoms with Gasteiger partial charge in [0.2, 0.25) is 11.8 Å². The van der Waals surface area contributed by atoms with Gasteiger partial charge in [-0.25, -0.2) is 0 Å². The zero-order chi connectivity index (χ0) is 17.1. The number of amides is 2. The molecule has 3 rings (SSSR count). The summed E-state index contributed by atoms with van der Waals surface area (Å²) in [6, 6.07) is 8.09. The fraction of sp³-hybridized carbons (Fsp3) is 0.579. The number of nitrogens with zero attached hydrogens (tertiary/aromatic N) is 3. The smallest absolute Gasteiger partial charge is 0.228 e. The first kappa shape index (κ1) is 17.0. The van der Waals surface area contributed by atoms with Gasteiger partial charge in [0.25, 0.3) is 0 Å². The van der Waals surface area contributed by atoms with Crippen molar-refractivity contribution in [3.8, 4) is 0 Å². The Morgan fingerprint density at radius 3 is 2.33 bits per heavy atom. The molecule has 1 aromatic carbocycles. The summed E-state index contributed by atoms with van der Waals surface area (Å²) in [6.07, 6.45) is 1.32. The molecule has 2 aliphatic rings. The Kier molecular flexibility index (Phi) is 5.19. The molecule has 2 heterocycles. The Labute approximate surface area is 144 Å². The van der Waals surface area contributed by atoms with Crippen LogP contribution in [0.2, 0.25) is 0 Å². The van der Waals surface area contributed by atoms with Gasteiger partial charge < -0.3 is 14.7 Å². The minimum Gasteiger partial charge on any atom is -0.340 e. The van der Waals surface area contributed by atoms with Gasteiger partial charge in [0.15, 0.2) is 0 Å². The second-order valence-electron chi connectivity index (χ2n) is 6.68. The molecule has 0 saturated carbocycles. The van der Waals surface area contributed by atoms with Crippen molar-refractivity contribution in [3.63, 3.8) is 0 Å². The summed E-state index contributed by atoms with van der Waals surface area (Å²) in [6.45, 7) is 9.24. The van der Waals surface area contributed by atoms with Crippen molar-refractivity contribution < 1.29 is 9.59 Å². The lowest BCUT2D eigenvalue weighted by molar-refractivity contribution is -0.137. The number of carbonyl (C=O) groups is 2. The highest BCUT2D eigenvalue weighted by Crippen LogP contribution is 2.27. The molecule has 0 unspecified atom stereocenters. The largest absolute Gasteiger partial charge is 0.340 e. The molecule has 0 aromatic heterocycles. The highest BCUT2D eigenvalue weighted by atomic mass is 16.2. The zero-order valence-electron chi connectivity index (χ0n) is 14.7. The van der Waals surface area contributed by atoms with Crippen molar-refractivity contribution in [3.05, 3.63) is 29.8 Å². The highest BCUT2D eigenvalue weighted by Gasteiger charge is 2.37. The molecule has 5 heteroatoms. The van der Waals surface area contributed by atoms with Gasteiger partial charge in [0.05, 0.1) is 5.92 Å². The van der Waals surface area contributed by atoms with Crippen molar-refractivity contribution in [2.75, 3.05) is 44.2 Å². The lowest BCUT2D eigenvalue weighted by Gasteiger charge is -2.35. The second kappa shape index (κ2) is 7.34. The number of likely N-dealkylation sites (N-methyl/N-ethyl adjacent to an activating group) is 1. The van der Waals surface area contributed by atoms with Crippen LogP contribution in [0.4, 0.5) is 5.69 Å². The number of hydrogen-bond acceptors (Lipinski definition) is 3. The standard InChI is InChI=1S/C19H27N3O2/c1-3-15-5-7-17(8-6-15)22-14-16(13-18(22)23)19(24)21-11-9-20(4-2)10-12-21/h5-8,16H,3-4,9-14H2,1-2H3/t16-/m1/s1. The van der Waals surface area contributed by atoms with E-state index in [4.69, 9.17) is 0 Å². The number of anilines is 1. The Balaban J connectivity index is 1.62. The van der Waals surface area contributed by atoms with E-state index in [0.29, 0.717) is 13.0 Å². The normalized spacial score (nSPS) is 22.2.